The zero-order valence-electron chi connectivity index (χ0n) is 11.3. The SMILES string of the molecule is N[C@@H](CCCCCCOCc1ccccc1)C(=O)O. The predicted molar refractivity (Wildman–Crippen MR) is 74.8 cm³/mol. The van der Waals surface area contributed by atoms with Gasteiger partial charge >= 0.3 is 5.97 Å². The second kappa shape index (κ2) is 9.53. The summed E-state index contributed by atoms with van der Waals surface area (Å²) in [5, 5.41) is 8.62. The Morgan fingerprint density at radius 1 is 1.16 bits per heavy atom. The van der Waals surface area contributed by atoms with E-state index in [2.05, 4.69) is 0 Å². The molecule has 106 valence electrons. The Hall–Kier alpha value is -1.39. The first-order valence-electron chi connectivity index (χ1n) is 6.80. The van der Waals surface area contributed by atoms with E-state index in [0.29, 0.717) is 13.0 Å². The van der Waals surface area contributed by atoms with Gasteiger partial charge in [0.1, 0.15) is 6.04 Å². The fourth-order valence-corrected chi connectivity index (χ4v) is 1.81. The maximum absolute atomic E-state index is 10.5. The minimum absolute atomic E-state index is 0.556. The van der Waals surface area contributed by atoms with E-state index in [9.17, 15) is 4.79 Å². The Bertz CT molecular complexity index is 354. The molecule has 0 aliphatic rings. The van der Waals surface area contributed by atoms with Crippen LogP contribution in [-0.2, 0) is 16.1 Å². The lowest BCUT2D eigenvalue weighted by atomic mass is 10.1. The molecule has 4 heteroatoms. The number of carboxylic acid groups (broad SMARTS) is 1. The Balaban J connectivity index is 1.90. The normalized spacial score (nSPS) is 12.3. The molecule has 1 rings (SSSR count). The van der Waals surface area contributed by atoms with Crippen LogP contribution < -0.4 is 5.73 Å². The molecule has 1 aromatic rings. The first kappa shape index (κ1) is 15.7. The van der Waals surface area contributed by atoms with Crippen LogP contribution >= 0.6 is 0 Å². The largest absolute Gasteiger partial charge is 0.480 e. The number of carboxylic acids is 1. The van der Waals surface area contributed by atoms with E-state index in [1.807, 2.05) is 30.3 Å². The van der Waals surface area contributed by atoms with Gasteiger partial charge < -0.3 is 15.6 Å². The summed E-state index contributed by atoms with van der Waals surface area (Å²) in [6.07, 6.45) is 4.50. The molecule has 0 spiro atoms. The van der Waals surface area contributed by atoms with Crippen molar-refractivity contribution in [3.05, 3.63) is 35.9 Å². The average Bonchev–Trinajstić information content (AvgIpc) is 2.42. The summed E-state index contributed by atoms with van der Waals surface area (Å²) in [4.78, 5) is 10.5. The molecule has 1 atom stereocenters. The summed E-state index contributed by atoms with van der Waals surface area (Å²) in [6, 6.07) is 9.38. The Labute approximate surface area is 114 Å². The molecule has 0 fully saturated rings. The lowest BCUT2D eigenvalue weighted by Gasteiger charge is -2.06. The first-order valence-corrected chi connectivity index (χ1v) is 6.80. The molecular formula is C15H23NO3. The van der Waals surface area contributed by atoms with E-state index < -0.39 is 12.0 Å². The molecule has 0 radical (unpaired) electrons. The maximum Gasteiger partial charge on any atom is 0.320 e. The van der Waals surface area contributed by atoms with Crippen molar-refractivity contribution in [3.63, 3.8) is 0 Å². The van der Waals surface area contributed by atoms with Crippen LogP contribution in [-0.4, -0.2) is 23.7 Å². The van der Waals surface area contributed by atoms with Gasteiger partial charge in [-0.3, -0.25) is 4.79 Å². The molecule has 0 bridgehead atoms. The summed E-state index contributed by atoms with van der Waals surface area (Å²) < 4.78 is 5.57. The van der Waals surface area contributed by atoms with Gasteiger partial charge in [0, 0.05) is 6.61 Å². The standard InChI is InChI=1S/C15H23NO3/c16-14(15(17)18)10-6-1-2-7-11-19-12-13-8-4-3-5-9-13/h3-5,8-9,14H,1-2,6-7,10-12,16H2,(H,17,18)/t14-/m0/s1. The van der Waals surface area contributed by atoms with Crippen molar-refractivity contribution in [2.45, 2.75) is 44.8 Å². The number of unbranched alkanes of at least 4 members (excludes halogenated alkanes) is 3. The summed E-state index contributed by atoms with van der Waals surface area (Å²) in [7, 11) is 0. The number of ether oxygens (including phenoxy) is 1. The van der Waals surface area contributed by atoms with Gasteiger partial charge in [0.25, 0.3) is 0 Å². The lowest BCUT2D eigenvalue weighted by Crippen LogP contribution is -2.29. The van der Waals surface area contributed by atoms with E-state index in [-0.39, 0.29) is 0 Å². The molecule has 0 aliphatic carbocycles. The number of carbonyl (C=O) groups is 1. The third kappa shape index (κ3) is 7.59. The number of aliphatic carboxylic acids is 1. The van der Waals surface area contributed by atoms with Crippen LogP contribution in [0.1, 0.15) is 37.7 Å². The summed E-state index contributed by atoms with van der Waals surface area (Å²) in [6.45, 7) is 1.41. The zero-order chi connectivity index (χ0) is 13.9. The first-order chi connectivity index (χ1) is 9.20. The van der Waals surface area contributed by atoms with Gasteiger partial charge in [-0.2, -0.15) is 0 Å². The quantitative estimate of drug-likeness (QED) is 0.638. The molecule has 4 nitrogen and oxygen atoms in total. The van der Waals surface area contributed by atoms with E-state index >= 15 is 0 Å². The summed E-state index contributed by atoms with van der Waals surface area (Å²) >= 11 is 0. The summed E-state index contributed by atoms with van der Waals surface area (Å²) in [5.74, 6) is -0.911. The van der Waals surface area contributed by atoms with E-state index in [1.165, 1.54) is 5.56 Å². The highest BCUT2D eigenvalue weighted by Crippen LogP contribution is 2.06. The lowest BCUT2D eigenvalue weighted by molar-refractivity contribution is -0.138. The Kier molecular flexibility index (Phi) is 7.86. The fourth-order valence-electron chi connectivity index (χ4n) is 1.81. The van der Waals surface area contributed by atoms with Gasteiger partial charge in [0.15, 0.2) is 0 Å². The Morgan fingerprint density at radius 2 is 1.84 bits per heavy atom. The summed E-state index contributed by atoms with van der Waals surface area (Å²) in [5.41, 5.74) is 6.61. The van der Waals surface area contributed by atoms with E-state index in [1.54, 1.807) is 0 Å². The molecule has 0 aliphatic heterocycles. The van der Waals surface area contributed by atoms with Crippen molar-refractivity contribution < 1.29 is 14.6 Å². The van der Waals surface area contributed by atoms with Crippen LogP contribution in [0.5, 0.6) is 0 Å². The molecule has 19 heavy (non-hydrogen) atoms. The Morgan fingerprint density at radius 3 is 2.53 bits per heavy atom. The predicted octanol–water partition coefficient (Wildman–Crippen LogP) is 2.57. The molecule has 1 aromatic carbocycles. The van der Waals surface area contributed by atoms with E-state index in [0.717, 1.165) is 32.3 Å². The van der Waals surface area contributed by atoms with Gasteiger partial charge in [-0.05, 0) is 18.4 Å². The van der Waals surface area contributed by atoms with Gasteiger partial charge in [-0.25, -0.2) is 0 Å². The van der Waals surface area contributed by atoms with Gasteiger partial charge in [0.05, 0.1) is 6.61 Å². The second-order valence-corrected chi connectivity index (χ2v) is 4.69. The maximum atomic E-state index is 10.5. The minimum Gasteiger partial charge on any atom is -0.480 e. The van der Waals surface area contributed by atoms with Crippen molar-refractivity contribution in [2.24, 2.45) is 5.73 Å². The number of nitrogens with two attached hydrogens (primary N) is 1. The van der Waals surface area contributed by atoms with Gasteiger partial charge in [0.2, 0.25) is 0 Å². The van der Waals surface area contributed by atoms with Crippen molar-refractivity contribution in [1.29, 1.82) is 0 Å². The van der Waals surface area contributed by atoms with Crippen LogP contribution in [0, 0.1) is 0 Å². The number of hydrogen-bond donors (Lipinski definition) is 2. The number of rotatable bonds is 10. The van der Waals surface area contributed by atoms with Crippen LogP contribution in [0.4, 0.5) is 0 Å². The third-order valence-electron chi connectivity index (χ3n) is 2.98. The highest BCUT2D eigenvalue weighted by molar-refractivity contribution is 5.72. The van der Waals surface area contributed by atoms with Gasteiger partial charge in [-0.1, -0.05) is 49.6 Å². The monoisotopic (exact) mass is 265 g/mol. The number of benzene rings is 1. The van der Waals surface area contributed by atoms with Crippen LogP contribution in [0.25, 0.3) is 0 Å². The molecule has 0 saturated heterocycles. The van der Waals surface area contributed by atoms with Crippen molar-refractivity contribution in [1.82, 2.24) is 0 Å². The molecule has 0 amide bonds. The fraction of sp³-hybridized carbons (Fsp3) is 0.533. The molecule has 0 heterocycles. The highest BCUT2D eigenvalue weighted by Gasteiger charge is 2.09. The zero-order valence-corrected chi connectivity index (χ0v) is 11.3. The molecular weight excluding hydrogens is 242 g/mol. The van der Waals surface area contributed by atoms with Crippen molar-refractivity contribution >= 4 is 5.97 Å². The van der Waals surface area contributed by atoms with Crippen molar-refractivity contribution in [3.8, 4) is 0 Å². The molecule has 0 aromatic heterocycles. The smallest absolute Gasteiger partial charge is 0.320 e. The van der Waals surface area contributed by atoms with Crippen LogP contribution in [0.3, 0.4) is 0 Å². The third-order valence-corrected chi connectivity index (χ3v) is 2.98. The highest BCUT2D eigenvalue weighted by atomic mass is 16.5. The van der Waals surface area contributed by atoms with Crippen LogP contribution in [0.15, 0.2) is 30.3 Å². The molecule has 0 saturated carbocycles. The topological polar surface area (TPSA) is 72.5 Å². The van der Waals surface area contributed by atoms with E-state index in [4.69, 9.17) is 15.6 Å². The van der Waals surface area contributed by atoms with Gasteiger partial charge in [-0.15, -0.1) is 0 Å². The minimum atomic E-state index is -0.911. The van der Waals surface area contributed by atoms with Crippen LogP contribution in [0.2, 0.25) is 0 Å². The number of hydrogen-bond acceptors (Lipinski definition) is 3. The molecule has 3 N–H and O–H groups in total. The average molecular weight is 265 g/mol. The molecule has 0 unspecified atom stereocenters. The second-order valence-electron chi connectivity index (χ2n) is 4.69. The van der Waals surface area contributed by atoms with Crippen molar-refractivity contribution in [2.75, 3.05) is 6.61 Å².